The van der Waals surface area contributed by atoms with E-state index in [-0.39, 0.29) is 0 Å². The minimum Gasteiger partial charge on any atom is -0.356 e. The maximum atomic E-state index is 4.35. The molecule has 0 aromatic heterocycles. The number of hydrogen-bond acceptors (Lipinski definition) is 2. The third kappa shape index (κ3) is 7.70. The van der Waals surface area contributed by atoms with E-state index in [2.05, 4.69) is 41.3 Å². The summed E-state index contributed by atoms with van der Waals surface area (Å²) in [6, 6.07) is 0.503. The molecule has 4 nitrogen and oxygen atoms in total. The van der Waals surface area contributed by atoms with Crippen molar-refractivity contribution >= 4 is 5.96 Å². The van der Waals surface area contributed by atoms with Crippen molar-refractivity contribution < 1.29 is 0 Å². The quantitative estimate of drug-likeness (QED) is 0.390. The first-order valence-electron chi connectivity index (χ1n) is 8.89. The Labute approximate surface area is 131 Å². The number of guanidine groups is 1. The molecule has 0 bridgehead atoms. The van der Waals surface area contributed by atoms with Crippen molar-refractivity contribution in [3.05, 3.63) is 0 Å². The highest BCUT2D eigenvalue weighted by atomic mass is 15.2. The molecule has 1 heterocycles. The molecule has 1 aliphatic rings. The molecule has 2 atom stereocenters. The zero-order valence-electron chi connectivity index (χ0n) is 14.6. The first-order chi connectivity index (χ1) is 10.2. The summed E-state index contributed by atoms with van der Waals surface area (Å²) in [5.74, 6) is 1.73. The maximum absolute atomic E-state index is 4.35. The standard InChI is InChI=1S/C17H36N4/c1-5-7-8-9-15(3)20-17(18-4)19-13-16-10-12-21(14-16)11-6-2/h15-16H,5-14H2,1-4H3,(H2,18,19,20). The van der Waals surface area contributed by atoms with Crippen LogP contribution in [-0.4, -0.2) is 50.1 Å². The Morgan fingerprint density at radius 1 is 1.29 bits per heavy atom. The molecule has 0 aromatic rings. The number of likely N-dealkylation sites (tertiary alicyclic amines) is 1. The molecule has 0 aromatic carbocycles. The third-order valence-electron chi connectivity index (χ3n) is 4.32. The van der Waals surface area contributed by atoms with E-state index in [0.717, 1.165) is 18.4 Å². The minimum atomic E-state index is 0.503. The molecular weight excluding hydrogens is 260 g/mol. The molecule has 0 aliphatic carbocycles. The molecule has 4 heteroatoms. The third-order valence-corrected chi connectivity index (χ3v) is 4.32. The van der Waals surface area contributed by atoms with E-state index < -0.39 is 0 Å². The predicted molar refractivity (Wildman–Crippen MR) is 92.9 cm³/mol. The number of nitrogens with one attached hydrogen (secondary N) is 2. The van der Waals surface area contributed by atoms with Gasteiger partial charge in [-0.25, -0.2) is 0 Å². The largest absolute Gasteiger partial charge is 0.356 e. The number of rotatable bonds is 9. The monoisotopic (exact) mass is 296 g/mol. The van der Waals surface area contributed by atoms with Crippen molar-refractivity contribution in [2.24, 2.45) is 10.9 Å². The van der Waals surface area contributed by atoms with Gasteiger partial charge in [0.25, 0.3) is 0 Å². The summed E-state index contributed by atoms with van der Waals surface area (Å²) in [5, 5.41) is 7.02. The van der Waals surface area contributed by atoms with E-state index >= 15 is 0 Å². The van der Waals surface area contributed by atoms with Gasteiger partial charge in [0, 0.05) is 26.2 Å². The van der Waals surface area contributed by atoms with Gasteiger partial charge in [-0.2, -0.15) is 0 Å². The van der Waals surface area contributed by atoms with Crippen LogP contribution in [0.3, 0.4) is 0 Å². The Bertz CT molecular complexity index is 291. The number of hydrogen-bond donors (Lipinski definition) is 2. The summed E-state index contributed by atoms with van der Waals surface area (Å²) in [4.78, 5) is 6.93. The van der Waals surface area contributed by atoms with E-state index in [4.69, 9.17) is 0 Å². The van der Waals surface area contributed by atoms with Gasteiger partial charge >= 0.3 is 0 Å². The minimum absolute atomic E-state index is 0.503. The van der Waals surface area contributed by atoms with Gasteiger partial charge in [-0.05, 0) is 45.2 Å². The Hall–Kier alpha value is -0.770. The SMILES string of the molecule is CCCCCC(C)NC(=NC)NCC1CCN(CCC)C1. The second-order valence-corrected chi connectivity index (χ2v) is 6.45. The van der Waals surface area contributed by atoms with Gasteiger partial charge in [0.15, 0.2) is 5.96 Å². The fourth-order valence-electron chi connectivity index (χ4n) is 3.04. The van der Waals surface area contributed by atoms with Gasteiger partial charge < -0.3 is 15.5 Å². The molecular formula is C17H36N4. The topological polar surface area (TPSA) is 39.7 Å². The second kappa shape index (κ2) is 10.9. The molecule has 2 unspecified atom stereocenters. The van der Waals surface area contributed by atoms with E-state index in [9.17, 15) is 0 Å². The van der Waals surface area contributed by atoms with Crippen LogP contribution in [0.4, 0.5) is 0 Å². The fourth-order valence-corrected chi connectivity index (χ4v) is 3.04. The normalized spacial score (nSPS) is 21.5. The highest BCUT2D eigenvalue weighted by molar-refractivity contribution is 5.79. The van der Waals surface area contributed by atoms with Gasteiger partial charge in [0.1, 0.15) is 0 Å². The van der Waals surface area contributed by atoms with Crippen molar-refractivity contribution in [1.29, 1.82) is 0 Å². The van der Waals surface area contributed by atoms with Crippen LogP contribution >= 0.6 is 0 Å². The Kier molecular flexibility index (Phi) is 9.48. The Morgan fingerprint density at radius 2 is 2.10 bits per heavy atom. The van der Waals surface area contributed by atoms with Crippen LogP contribution in [0.25, 0.3) is 0 Å². The average molecular weight is 297 g/mol. The van der Waals surface area contributed by atoms with Crippen molar-refractivity contribution in [2.45, 2.75) is 65.3 Å². The molecule has 0 spiro atoms. The van der Waals surface area contributed by atoms with Crippen LogP contribution in [0.2, 0.25) is 0 Å². The van der Waals surface area contributed by atoms with Gasteiger partial charge in [-0.1, -0.05) is 33.1 Å². The summed E-state index contributed by atoms with van der Waals surface area (Å²) in [6.07, 6.45) is 7.72. The lowest BCUT2D eigenvalue weighted by atomic mass is 10.1. The first kappa shape index (κ1) is 18.3. The van der Waals surface area contributed by atoms with E-state index in [0.29, 0.717) is 6.04 Å². The smallest absolute Gasteiger partial charge is 0.191 e. The van der Waals surface area contributed by atoms with Gasteiger partial charge in [-0.3, -0.25) is 4.99 Å². The zero-order valence-corrected chi connectivity index (χ0v) is 14.6. The number of nitrogens with zero attached hydrogens (tertiary/aromatic N) is 2. The Balaban J connectivity index is 2.19. The van der Waals surface area contributed by atoms with E-state index in [1.54, 1.807) is 0 Å². The molecule has 124 valence electrons. The van der Waals surface area contributed by atoms with Crippen molar-refractivity contribution in [1.82, 2.24) is 15.5 Å². The van der Waals surface area contributed by atoms with Crippen LogP contribution in [0, 0.1) is 5.92 Å². The van der Waals surface area contributed by atoms with Crippen molar-refractivity contribution in [3.63, 3.8) is 0 Å². The fraction of sp³-hybridized carbons (Fsp3) is 0.941. The molecule has 21 heavy (non-hydrogen) atoms. The molecule has 1 aliphatic heterocycles. The van der Waals surface area contributed by atoms with Crippen molar-refractivity contribution in [2.75, 3.05) is 33.2 Å². The van der Waals surface area contributed by atoms with Crippen LogP contribution < -0.4 is 10.6 Å². The highest BCUT2D eigenvalue weighted by Crippen LogP contribution is 2.15. The van der Waals surface area contributed by atoms with Gasteiger partial charge in [-0.15, -0.1) is 0 Å². The molecule has 1 saturated heterocycles. The zero-order chi connectivity index (χ0) is 15.5. The lowest BCUT2D eigenvalue weighted by molar-refractivity contribution is 0.324. The molecule has 0 amide bonds. The summed E-state index contributed by atoms with van der Waals surface area (Å²) >= 11 is 0. The lowest BCUT2D eigenvalue weighted by Crippen LogP contribution is -2.44. The average Bonchev–Trinajstić information content (AvgIpc) is 2.92. The molecule has 1 rings (SSSR count). The lowest BCUT2D eigenvalue weighted by Gasteiger charge is -2.20. The van der Waals surface area contributed by atoms with Gasteiger partial charge in [0.05, 0.1) is 0 Å². The maximum Gasteiger partial charge on any atom is 0.191 e. The summed E-state index contributed by atoms with van der Waals surface area (Å²) < 4.78 is 0. The van der Waals surface area contributed by atoms with Crippen LogP contribution in [0.15, 0.2) is 4.99 Å². The molecule has 1 fully saturated rings. The summed E-state index contributed by atoms with van der Waals surface area (Å²) in [6.45, 7) is 11.6. The van der Waals surface area contributed by atoms with E-state index in [1.165, 1.54) is 58.2 Å². The molecule has 0 saturated carbocycles. The van der Waals surface area contributed by atoms with Crippen LogP contribution in [0.5, 0.6) is 0 Å². The van der Waals surface area contributed by atoms with E-state index in [1.807, 2.05) is 7.05 Å². The van der Waals surface area contributed by atoms with Crippen molar-refractivity contribution in [3.8, 4) is 0 Å². The Morgan fingerprint density at radius 3 is 2.76 bits per heavy atom. The molecule has 0 radical (unpaired) electrons. The highest BCUT2D eigenvalue weighted by Gasteiger charge is 2.21. The van der Waals surface area contributed by atoms with Crippen LogP contribution in [0.1, 0.15) is 59.3 Å². The van der Waals surface area contributed by atoms with Crippen LogP contribution in [-0.2, 0) is 0 Å². The predicted octanol–water partition coefficient (Wildman–Crippen LogP) is 2.85. The molecule has 2 N–H and O–H groups in total. The summed E-state index contributed by atoms with van der Waals surface area (Å²) in [5.41, 5.74) is 0. The number of unbranched alkanes of at least 4 members (excludes halogenated alkanes) is 2. The first-order valence-corrected chi connectivity index (χ1v) is 8.89. The second-order valence-electron chi connectivity index (χ2n) is 6.45. The van der Waals surface area contributed by atoms with Gasteiger partial charge in [0.2, 0.25) is 0 Å². The summed E-state index contributed by atoms with van der Waals surface area (Å²) in [7, 11) is 1.87. The number of aliphatic imine (C=N–C) groups is 1.